The highest BCUT2D eigenvalue weighted by Crippen LogP contribution is 2.22. The van der Waals surface area contributed by atoms with E-state index in [4.69, 9.17) is 16.3 Å². The molecule has 1 aromatic heterocycles. The van der Waals surface area contributed by atoms with E-state index in [1.165, 1.54) is 19.1 Å². The Kier molecular flexibility index (Phi) is 5.15. The number of esters is 1. The first-order valence-corrected chi connectivity index (χ1v) is 7.59. The van der Waals surface area contributed by atoms with Crippen molar-refractivity contribution in [2.45, 2.75) is 20.0 Å². The van der Waals surface area contributed by atoms with Crippen LogP contribution in [0.2, 0.25) is 4.34 Å². The lowest BCUT2D eigenvalue weighted by molar-refractivity contribution is -0.123. The van der Waals surface area contributed by atoms with E-state index in [9.17, 15) is 14.0 Å². The van der Waals surface area contributed by atoms with Gasteiger partial charge in [-0.1, -0.05) is 17.7 Å². The third-order valence-electron chi connectivity index (χ3n) is 2.87. The number of hydrogen-bond acceptors (Lipinski definition) is 4. The quantitative estimate of drug-likeness (QED) is 0.854. The highest BCUT2D eigenvalue weighted by molar-refractivity contribution is 7.17. The van der Waals surface area contributed by atoms with Crippen molar-refractivity contribution in [3.8, 4) is 0 Å². The Hall–Kier alpha value is -1.92. The number of ether oxygens (including phenoxy) is 1. The Morgan fingerprint density at radius 2 is 2.05 bits per heavy atom. The first kappa shape index (κ1) is 16.5. The van der Waals surface area contributed by atoms with E-state index in [-0.39, 0.29) is 0 Å². The van der Waals surface area contributed by atoms with E-state index < -0.39 is 23.8 Å². The van der Waals surface area contributed by atoms with Gasteiger partial charge in [-0.3, -0.25) is 4.79 Å². The minimum atomic E-state index is -1.02. The van der Waals surface area contributed by atoms with Crippen molar-refractivity contribution < 1.29 is 18.7 Å². The van der Waals surface area contributed by atoms with Crippen molar-refractivity contribution >= 4 is 40.5 Å². The highest BCUT2D eigenvalue weighted by atomic mass is 35.5. The molecule has 1 unspecified atom stereocenters. The molecule has 7 heteroatoms. The van der Waals surface area contributed by atoms with E-state index in [0.29, 0.717) is 20.5 Å². The monoisotopic (exact) mass is 341 g/mol. The molecule has 1 N–H and O–H groups in total. The maximum atomic E-state index is 13.4. The molecule has 0 bridgehead atoms. The zero-order valence-corrected chi connectivity index (χ0v) is 13.4. The molecule has 0 fully saturated rings. The van der Waals surface area contributed by atoms with Crippen LogP contribution in [0, 0.1) is 12.7 Å². The van der Waals surface area contributed by atoms with Gasteiger partial charge in [-0.05, 0) is 43.7 Å². The maximum absolute atomic E-state index is 13.4. The molecule has 1 heterocycles. The van der Waals surface area contributed by atoms with Gasteiger partial charge >= 0.3 is 5.97 Å². The van der Waals surface area contributed by atoms with E-state index in [1.807, 2.05) is 0 Å². The number of anilines is 1. The van der Waals surface area contributed by atoms with E-state index in [1.54, 1.807) is 25.1 Å². The van der Waals surface area contributed by atoms with Gasteiger partial charge in [-0.25, -0.2) is 9.18 Å². The van der Waals surface area contributed by atoms with Gasteiger partial charge in [0.2, 0.25) is 0 Å². The molecule has 1 atom stereocenters. The molecular formula is C15H13ClFNO3S. The third-order valence-corrected chi connectivity index (χ3v) is 4.08. The summed E-state index contributed by atoms with van der Waals surface area (Å²) >= 11 is 6.80. The molecular weight excluding hydrogens is 329 g/mol. The first-order valence-electron chi connectivity index (χ1n) is 6.40. The SMILES string of the molecule is Cc1ccc(NC(=O)C(C)OC(=O)c2ccc(Cl)s2)cc1F. The summed E-state index contributed by atoms with van der Waals surface area (Å²) in [6.45, 7) is 3.06. The molecule has 0 spiro atoms. The Bertz CT molecular complexity index is 717. The second-order valence-corrected chi connectivity index (χ2v) is 6.32. The zero-order chi connectivity index (χ0) is 16.3. The number of rotatable bonds is 4. The van der Waals surface area contributed by atoms with Crippen LogP contribution >= 0.6 is 22.9 Å². The predicted octanol–water partition coefficient (Wildman–Crippen LogP) is 4.03. The van der Waals surface area contributed by atoms with Crippen molar-refractivity contribution in [3.63, 3.8) is 0 Å². The fourth-order valence-electron chi connectivity index (χ4n) is 1.61. The van der Waals surface area contributed by atoms with Gasteiger partial charge in [0.25, 0.3) is 5.91 Å². The minimum Gasteiger partial charge on any atom is -0.448 e. The highest BCUT2D eigenvalue weighted by Gasteiger charge is 2.20. The van der Waals surface area contributed by atoms with E-state index in [0.717, 1.165) is 11.3 Å². The second kappa shape index (κ2) is 6.89. The van der Waals surface area contributed by atoms with Crippen LogP contribution in [-0.4, -0.2) is 18.0 Å². The van der Waals surface area contributed by atoms with Gasteiger partial charge in [-0.2, -0.15) is 0 Å². The number of benzene rings is 1. The number of nitrogens with one attached hydrogen (secondary N) is 1. The second-order valence-electron chi connectivity index (χ2n) is 4.60. The summed E-state index contributed by atoms with van der Waals surface area (Å²) in [5.41, 5.74) is 0.780. The average Bonchev–Trinajstić information content (AvgIpc) is 2.89. The number of carbonyl (C=O) groups is 2. The summed E-state index contributed by atoms with van der Waals surface area (Å²) < 4.78 is 18.9. The summed E-state index contributed by atoms with van der Waals surface area (Å²) in [5, 5.41) is 2.49. The predicted molar refractivity (Wildman–Crippen MR) is 84.0 cm³/mol. The number of thiophene rings is 1. The summed E-state index contributed by atoms with van der Waals surface area (Å²) in [6.07, 6.45) is -1.02. The summed E-state index contributed by atoms with van der Waals surface area (Å²) in [4.78, 5) is 24.1. The van der Waals surface area contributed by atoms with Crippen molar-refractivity contribution in [3.05, 3.63) is 50.9 Å². The molecule has 2 aromatic rings. The molecule has 0 aliphatic carbocycles. The Morgan fingerprint density at radius 1 is 1.32 bits per heavy atom. The lowest BCUT2D eigenvalue weighted by Gasteiger charge is -2.13. The molecule has 0 aliphatic rings. The Balaban J connectivity index is 1.97. The fourth-order valence-corrected chi connectivity index (χ4v) is 2.54. The van der Waals surface area contributed by atoms with Gasteiger partial charge in [0.1, 0.15) is 10.7 Å². The summed E-state index contributed by atoms with van der Waals surface area (Å²) in [5.74, 6) is -1.59. The number of hydrogen-bond donors (Lipinski definition) is 1. The molecule has 1 aromatic carbocycles. The number of amides is 1. The normalized spacial score (nSPS) is 11.8. The van der Waals surface area contributed by atoms with Crippen LogP contribution in [0.4, 0.5) is 10.1 Å². The molecule has 0 radical (unpaired) electrons. The number of aryl methyl sites for hydroxylation is 1. The Morgan fingerprint density at radius 3 is 2.64 bits per heavy atom. The molecule has 22 heavy (non-hydrogen) atoms. The van der Waals surface area contributed by atoms with Crippen LogP contribution in [0.1, 0.15) is 22.2 Å². The smallest absolute Gasteiger partial charge is 0.349 e. The van der Waals surface area contributed by atoms with Crippen LogP contribution in [0.3, 0.4) is 0 Å². The standard InChI is InChI=1S/C15H13ClFNO3S/c1-8-3-4-10(7-11(8)17)18-14(19)9(2)21-15(20)12-5-6-13(16)22-12/h3-7,9H,1-2H3,(H,18,19). The van der Waals surface area contributed by atoms with Crippen molar-refractivity contribution in [2.75, 3.05) is 5.32 Å². The van der Waals surface area contributed by atoms with Gasteiger partial charge in [0, 0.05) is 5.69 Å². The van der Waals surface area contributed by atoms with Crippen LogP contribution in [-0.2, 0) is 9.53 Å². The average molecular weight is 342 g/mol. The van der Waals surface area contributed by atoms with Crippen molar-refractivity contribution in [2.24, 2.45) is 0 Å². The minimum absolute atomic E-state index is 0.301. The van der Waals surface area contributed by atoms with Crippen LogP contribution in [0.5, 0.6) is 0 Å². The van der Waals surface area contributed by atoms with Crippen molar-refractivity contribution in [1.29, 1.82) is 0 Å². The van der Waals surface area contributed by atoms with Crippen LogP contribution < -0.4 is 5.32 Å². The van der Waals surface area contributed by atoms with Crippen LogP contribution in [0.15, 0.2) is 30.3 Å². The van der Waals surface area contributed by atoms with E-state index in [2.05, 4.69) is 5.32 Å². The van der Waals surface area contributed by atoms with Gasteiger partial charge in [0.05, 0.1) is 4.34 Å². The third kappa shape index (κ3) is 4.05. The largest absolute Gasteiger partial charge is 0.448 e. The fraction of sp³-hybridized carbons (Fsp3) is 0.200. The maximum Gasteiger partial charge on any atom is 0.349 e. The zero-order valence-electron chi connectivity index (χ0n) is 11.9. The van der Waals surface area contributed by atoms with Gasteiger partial charge < -0.3 is 10.1 Å². The van der Waals surface area contributed by atoms with E-state index >= 15 is 0 Å². The lowest BCUT2D eigenvalue weighted by atomic mass is 10.2. The van der Waals surface area contributed by atoms with Crippen LogP contribution in [0.25, 0.3) is 0 Å². The Labute approximate surface area is 135 Å². The molecule has 2 rings (SSSR count). The first-order chi connectivity index (χ1) is 10.4. The summed E-state index contributed by atoms with van der Waals surface area (Å²) in [6, 6.07) is 7.43. The molecule has 1 amide bonds. The lowest BCUT2D eigenvalue weighted by Crippen LogP contribution is -2.29. The van der Waals surface area contributed by atoms with Crippen molar-refractivity contribution in [1.82, 2.24) is 0 Å². The molecule has 0 aliphatic heterocycles. The molecule has 0 saturated heterocycles. The molecule has 116 valence electrons. The number of halogens is 2. The number of carbonyl (C=O) groups excluding carboxylic acids is 2. The molecule has 0 saturated carbocycles. The van der Waals surface area contributed by atoms with Gasteiger partial charge in [-0.15, -0.1) is 11.3 Å². The van der Waals surface area contributed by atoms with Gasteiger partial charge in [0.15, 0.2) is 6.10 Å². The topological polar surface area (TPSA) is 55.4 Å². The summed E-state index contributed by atoms with van der Waals surface area (Å²) in [7, 11) is 0. The molecule has 4 nitrogen and oxygen atoms in total.